The highest BCUT2D eigenvalue weighted by Crippen LogP contribution is 2.38. The third-order valence-electron chi connectivity index (χ3n) is 5.97. The summed E-state index contributed by atoms with van der Waals surface area (Å²) in [7, 11) is 0. The lowest BCUT2D eigenvalue weighted by Gasteiger charge is -2.41. The van der Waals surface area contributed by atoms with Crippen molar-refractivity contribution >= 4 is 0 Å². The maximum Gasteiger partial charge on any atom is 0.0100 e. The molecule has 2 atom stereocenters. The molecule has 118 valence electrons. The van der Waals surface area contributed by atoms with E-state index in [1.165, 1.54) is 64.3 Å². The van der Waals surface area contributed by atoms with E-state index >= 15 is 0 Å². The molecule has 0 radical (unpaired) electrons. The molecule has 2 aliphatic rings. The van der Waals surface area contributed by atoms with E-state index in [0.717, 1.165) is 23.8 Å². The van der Waals surface area contributed by atoms with E-state index in [1.807, 2.05) is 0 Å². The van der Waals surface area contributed by atoms with Crippen molar-refractivity contribution in [1.82, 2.24) is 5.32 Å². The van der Waals surface area contributed by atoms with Crippen molar-refractivity contribution in [3.63, 3.8) is 0 Å². The smallest absolute Gasteiger partial charge is 0.0100 e. The molecule has 0 aromatic carbocycles. The lowest BCUT2D eigenvalue weighted by Crippen LogP contribution is -2.44. The predicted octanol–water partition coefficient (Wildman–Crippen LogP) is 5.40. The zero-order valence-electron chi connectivity index (χ0n) is 14.4. The van der Waals surface area contributed by atoms with Crippen LogP contribution in [0.15, 0.2) is 0 Å². The summed E-state index contributed by atoms with van der Waals surface area (Å²) in [6, 6.07) is 0.784. The molecular formula is C19H37N. The monoisotopic (exact) mass is 279 g/mol. The van der Waals surface area contributed by atoms with Gasteiger partial charge in [0.1, 0.15) is 0 Å². The highest BCUT2D eigenvalue weighted by atomic mass is 14.9. The van der Waals surface area contributed by atoms with Crippen molar-refractivity contribution in [2.45, 2.75) is 91.5 Å². The Morgan fingerprint density at radius 2 is 1.55 bits per heavy atom. The summed E-state index contributed by atoms with van der Waals surface area (Å²) in [5.74, 6) is 2.88. The number of nitrogens with one attached hydrogen (secondary N) is 1. The molecule has 1 N–H and O–H groups in total. The maximum atomic E-state index is 3.94. The van der Waals surface area contributed by atoms with Crippen LogP contribution in [0.5, 0.6) is 0 Å². The van der Waals surface area contributed by atoms with Crippen molar-refractivity contribution in [3.8, 4) is 0 Å². The first-order valence-electron chi connectivity index (χ1n) is 9.20. The second-order valence-corrected chi connectivity index (χ2v) is 8.73. The van der Waals surface area contributed by atoms with Gasteiger partial charge in [-0.3, -0.25) is 0 Å². The minimum Gasteiger partial charge on any atom is -0.314 e. The molecule has 0 aromatic rings. The molecule has 2 saturated carbocycles. The average Bonchev–Trinajstić information content (AvgIpc) is 2.40. The summed E-state index contributed by atoms with van der Waals surface area (Å²) >= 11 is 0. The lowest BCUT2D eigenvalue weighted by molar-refractivity contribution is 0.129. The van der Waals surface area contributed by atoms with E-state index < -0.39 is 0 Å². The fourth-order valence-electron chi connectivity index (χ4n) is 4.50. The Morgan fingerprint density at radius 3 is 2.20 bits per heavy atom. The summed E-state index contributed by atoms with van der Waals surface area (Å²) in [6.07, 6.45) is 13.0. The molecular weight excluding hydrogens is 242 g/mol. The third kappa shape index (κ3) is 4.76. The zero-order chi connectivity index (χ0) is 14.6. The molecule has 2 aliphatic carbocycles. The van der Waals surface area contributed by atoms with Gasteiger partial charge in [0.15, 0.2) is 0 Å². The molecule has 0 aliphatic heterocycles. The number of rotatable bonds is 4. The quantitative estimate of drug-likeness (QED) is 0.727. The van der Waals surface area contributed by atoms with Gasteiger partial charge in [0.05, 0.1) is 0 Å². The molecule has 2 rings (SSSR count). The molecule has 2 unspecified atom stereocenters. The summed E-state index contributed by atoms with van der Waals surface area (Å²) < 4.78 is 0. The van der Waals surface area contributed by atoms with E-state index in [1.54, 1.807) is 0 Å². The van der Waals surface area contributed by atoms with E-state index in [9.17, 15) is 0 Å². The summed E-state index contributed by atoms with van der Waals surface area (Å²) in [6.45, 7) is 11.0. The van der Waals surface area contributed by atoms with Gasteiger partial charge in [0.25, 0.3) is 0 Å². The van der Waals surface area contributed by atoms with Gasteiger partial charge in [-0.25, -0.2) is 0 Å². The molecule has 0 bridgehead atoms. The highest BCUT2D eigenvalue weighted by molar-refractivity contribution is 4.88. The second kappa shape index (κ2) is 7.29. The van der Waals surface area contributed by atoms with Crippen LogP contribution in [0.2, 0.25) is 0 Å². The van der Waals surface area contributed by atoms with E-state index in [2.05, 4.69) is 33.0 Å². The predicted molar refractivity (Wildman–Crippen MR) is 88.9 cm³/mol. The Morgan fingerprint density at radius 1 is 0.900 bits per heavy atom. The molecule has 20 heavy (non-hydrogen) atoms. The van der Waals surface area contributed by atoms with Gasteiger partial charge >= 0.3 is 0 Å². The topological polar surface area (TPSA) is 12.0 Å². The normalized spacial score (nSPS) is 36.0. The van der Waals surface area contributed by atoms with Crippen LogP contribution in [0.25, 0.3) is 0 Å². The Balaban J connectivity index is 1.72. The van der Waals surface area contributed by atoms with Crippen molar-refractivity contribution in [3.05, 3.63) is 0 Å². The average molecular weight is 280 g/mol. The standard InChI is InChI=1S/C19H37N/c1-15-9-11-16(12-10-15)13-14-20-18-8-6-5-7-17(18)19(2,3)4/h15-18,20H,5-14H2,1-4H3. The molecule has 0 saturated heterocycles. The highest BCUT2D eigenvalue weighted by Gasteiger charge is 2.33. The zero-order valence-corrected chi connectivity index (χ0v) is 14.4. The van der Waals surface area contributed by atoms with Gasteiger partial charge in [-0.15, -0.1) is 0 Å². The van der Waals surface area contributed by atoms with Crippen LogP contribution in [-0.2, 0) is 0 Å². The first kappa shape index (κ1) is 16.3. The van der Waals surface area contributed by atoms with Gasteiger partial charge in [-0.05, 0) is 49.0 Å². The van der Waals surface area contributed by atoms with Gasteiger partial charge in [0.2, 0.25) is 0 Å². The molecule has 0 heterocycles. The van der Waals surface area contributed by atoms with Gasteiger partial charge in [-0.2, -0.15) is 0 Å². The van der Waals surface area contributed by atoms with Gasteiger partial charge in [-0.1, -0.05) is 66.2 Å². The Bertz CT molecular complexity index is 270. The van der Waals surface area contributed by atoms with E-state index in [4.69, 9.17) is 0 Å². The van der Waals surface area contributed by atoms with Crippen LogP contribution in [0.1, 0.15) is 85.5 Å². The first-order chi connectivity index (χ1) is 9.47. The third-order valence-corrected chi connectivity index (χ3v) is 5.97. The van der Waals surface area contributed by atoms with Crippen molar-refractivity contribution in [2.24, 2.45) is 23.2 Å². The molecule has 2 fully saturated rings. The first-order valence-corrected chi connectivity index (χ1v) is 9.20. The van der Waals surface area contributed by atoms with Crippen LogP contribution >= 0.6 is 0 Å². The van der Waals surface area contributed by atoms with E-state index in [0.29, 0.717) is 5.41 Å². The Kier molecular flexibility index (Phi) is 5.95. The minimum atomic E-state index is 0.471. The molecule has 0 spiro atoms. The van der Waals surface area contributed by atoms with E-state index in [-0.39, 0.29) is 0 Å². The largest absolute Gasteiger partial charge is 0.314 e. The lowest BCUT2D eigenvalue weighted by atomic mass is 9.69. The minimum absolute atomic E-state index is 0.471. The molecule has 1 nitrogen and oxygen atoms in total. The fourth-order valence-corrected chi connectivity index (χ4v) is 4.50. The van der Waals surface area contributed by atoms with Crippen molar-refractivity contribution < 1.29 is 0 Å². The number of hydrogen-bond donors (Lipinski definition) is 1. The SMILES string of the molecule is CC1CCC(CCNC2CCCCC2C(C)(C)C)CC1. The molecule has 0 amide bonds. The molecule has 1 heteroatoms. The maximum absolute atomic E-state index is 3.94. The Hall–Kier alpha value is -0.0400. The second-order valence-electron chi connectivity index (χ2n) is 8.73. The van der Waals surface area contributed by atoms with Crippen LogP contribution in [-0.4, -0.2) is 12.6 Å². The summed E-state index contributed by atoms with van der Waals surface area (Å²) in [5.41, 5.74) is 0.471. The van der Waals surface area contributed by atoms with Crippen LogP contribution in [0, 0.1) is 23.2 Å². The summed E-state index contributed by atoms with van der Waals surface area (Å²) in [4.78, 5) is 0. The van der Waals surface area contributed by atoms with Crippen LogP contribution in [0.3, 0.4) is 0 Å². The summed E-state index contributed by atoms with van der Waals surface area (Å²) in [5, 5.41) is 3.94. The molecule has 0 aromatic heterocycles. The van der Waals surface area contributed by atoms with Gasteiger partial charge < -0.3 is 5.32 Å². The van der Waals surface area contributed by atoms with Crippen LogP contribution in [0.4, 0.5) is 0 Å². The van der Waals surface area contributed by atoms with Crippen LogP contribution < -0.4 is 5.32 Å². The van der Waals surface area contributed by atoms with Crippen molar-refractivity contribution in [2.75, 3.05) is 6.54 Å². The Labute approximate surface area is 127 Å². The number of hydrogen-bond acceptors (Lipinski definition) is 1. The van der Waals surface area contributed by atoms with Crippen molar-refractivity contribution in [1.29, 1.82) is 0 Å². The fraction of sp³-hybridized carbons (Fsp3) is 1.00. The van der Waals surface area contributed by atoms with Gasteiger partial charge in [0, 0.05) is 6.04 Å².